The fourth-order valence-electron chi connectivity index (χ4n) is 3.92. The lowest BCUT2D eigenvalue weighted by atomic mass is 9.74. The normalized spacial score (nSPS) is 26.7. The third-order valence-corrected chi connectivity index (χ3v) is 6.99. The van der Waals surface area contributed by atoms with Crippen LogP contribution in [0.3, 0.4) is 0 Å². The van der Waals surface area contributed by atoms with Crippen LogP contribution in [0.5, 0.6) is 0 Å². The van der Waals surface area contributed by atoms with Crippen LogP contribution in [-0.4, -0.2) is 51.1 Å². The molecule has 0 aromatic carbocycles. The minimum absolute atomic E-state index is 0.0207. The third-order valence-electron chi connectivity index (χ3n) is 5.38. The van der Waals surface area contributed by atoms with Crippen LogP contribution in [0.25, 0.3) is 0 Å². The van der Waals surface area contributed by atoms with Crippen LogP contribution in [0.2, 0.25) is 0 Å². The SMILES string of the molecule is C=CO[C@H]1CC(N[S+]([O-])C(C)(C)C)C2(CCN(C(=O)OC(C)(C)C)CC2)C1. The van der Waals surface area contributed by atoms with E-state index >= 15 is 0 Å². The average molecular weight is 401 g/mol. The van der Waals surface area contributed by atoms with Crippen LogP contribution in [-0.2, 0) is 20.8 Å². The van der Waals surface area contributed by atoms with Gasteiger partial charge in [0.25, 0.3) is 0 Å². The lowest BCUT2D eigenvalue weighted by Crippen LogP contribution is -2.54. The maximum atomic E-state index is 12.7. The summed E-state index contributed by atoms with van der Waals surface area (Å²) in [7, 11) is 0. The number of rotatable bonds is 4. The summed E-state index contributed by atoms with van der Waals surface area (Å²) in [6.07, 6.45) is 4.71. The molecule has 27 heavy (non-hydrogen) atoms. The summed E-state index contributed by atoms with van der Waals surface area (Å²) in [5.74, 6) is 0. The summed E-state index contributed by atoms with van der Waals surface area (Å²) in [6.45, 7) is 16.5. The van der Waals surface area contributed by atoms with Crippen molar-refractivity contribution in [2.24, 2.45) is 5.41 Å². The monoisotopic (exact) mass is 400 g/mol. The van der Waals surface area contributed by atoms with Gasteiger partial charge in [-0.3, -0.25) is 0 Å². The summed E-state index contributed by atoms with van der Waals surface area (Å²) in [5, 5.41) is 0. The van der Waals surface area contributed by atoms with Gasteiger partial charge < -0.3 is 18.9 Å². The molecule has 0 bridgehead atoms. The maximum absolute atomic E-state index is 12.7. The summed E-state index contributed by atoms with van der Waals surface area (Å²) in [4.78, 5) is 14.2. The van der Waals surface area contributed by atoms with E-state index in [0.29, 0.717) is 13.1 Å². The van der Waals surface area contributed by atoms with Gasteiger partial charge in [0.1, 0.15) is 16.5 Å². The van der Waals surface area contributed by atoms with E-state index in [1.165, 1.54) is 6.26 Å². The van der Waals surface area contributed by atoms with Crippen molar-refractivity contribution in [2.45, 2.75) is 89.7 Å². The van der Waals surface area contributed by atoms with Crippen molar-refractivity contribution in [1.29, 1.82) is 0 Å². The first-order chi connectivity index (χ1) is 12.4. The largest absolute Gasteiger partial charge is 0.598 e. The molecule has 7 heteroatoms. The van der Waals surface area contributed by atoms with Crippen LogP contribution >= 0.6 is 0 Å². The molecule has 1 N–H and O–H groups in total. The molecule has 2 unspecified atom stereocenters. The Morgan fingerprint density at radius 1 is 1.26 bits per heavy atom. The van der Waals surface area contributed by atoms with E-state index in [9.17, 15) is 9.35 Å². The molecular weight excluding hydrogens is 364 g/mol. The van der Waals surface area contributed by atoms with Gasteiger partial charge in [-0.15, -0.1) is 4.72 Å². The molecule has 2 aliphatic rings. The fraction of sp³-hybridized carbons (Fsp3) is 0.850. The lowest BCUT2D eigenvalue weighted by molar-refractivity contribution is 0.00659. The predicted octanol–water partition coefficient (Wildman–Crippen LogP) is 3.75. The molecular formula is C20H36N2O4S. The summed E-state index contributed by atoms with van der Waals surface area (Å²) in [5.41, 5.74) is -0.511. The van der Waals surface area contributed by atoms with E-state index in [-0.39, 0.29) is 28.4 Å². The summed E-state index contributed by atoms with van der Waals surface area (Å²) in [6, 6.07) is 0.100. The van der Waals surface area contributed by atoms with Crippen molar-refractivity contribution in [2.75, 3.05) is 13.1 Å². The Balaban J connectivity index is 2.06. The summed E-state index contributed by atoms with van der Waals surface area (Å²) < 4.78 is 26.9. The molecule has 6 nitrogen and oxygen atoms in total. The molecule has 1 saturated heterocycles. The fourth-order valence-corrected chi connectivity index (χ4v) is 4.88. The zero-order valence-electron chi connectivity index (χ0n) is 17.7. The van der Waals surface area contributed by atoms with Gasteiger partial charge in [-0.2, -0.15) is 0 Å². The predicted molar refractivity (Wildman–Crippen MR) is 109 cm³/mol. The zero-order chi connectivity index (χ0) is 20.5. The van der Waals surface area contributed by atoms with E-state index in [1.807, 2.05) is 41.5 Å². The second-order valence-corrected chi connectivity index (χ2v) is 11.7. The smallest absolute Gasteiger partial charge is 0.410 e. The number of carbonyl (C=O) groups is 1. The molecule has 0 radical (unpaired) electrons. The second kappa shape index (κ2) is 8.21. The topological polar surface area (TPSA) is 73.9 Å². The molecule has 1 spiro atoms. The molecule has 1 aliphatic heterocycles. The van der Waals surface area contributed by atoms with Crippen molar-refractivity contribution in [3.05, 3.63) is 12.8 Å². The van der Waals surface area contributed by atoms with Crippen LogP contribution in [0.1, 0.15) is 67.2 Å². The number of nitrogens with one attached hydrogen (secondary N) is 1. The van der Waals surface area contributed by atoms with Gasteiger partial charge >= 0.3 is 6.09 Å². The van der Waals surface area contributed by atoms with Crippen molar-refractivity contribution in [3.63, 3.8) is 0 Å². The lowest BCUT2D eigenvalue weighted by Gasteiger charge is -2.43. The molecule has 0 aromatic heterocycles. The molecule has 1 saturated carbocycles. The van der Waals surface area contributed by atoms with E-state index in [2.05, 4.69) is 11.3 Å². The molecule has 2 rings (SSSR count). The Kier molecular flexibility index (Phi) is 6.80. The maximum Gasteiger partial charge on any atom is 0.410 e. The Labute approximate surface area is 167 Å². The highest BCUT2D eigenvalue weighted by Crippen LogP contribution is 2.48. The van der Waals surface area contributed by atoms with Gasteiger partial charge in [0.15, 0.2) is 0 Å². The van der Waals surface area contributed by atoms with Crippen LogP contribution in [0.4, 0.5) is 4.79 Å². The number of hydrogen-bond donors (Lipinski definition) is 1. The number of carbonyl (C=O) groups excluding carboxylic acids is 1. The van der Waals surface area contributed by atoms with Crippen LogP contribution in [0, 0.1) is 5.41 Å². The van der Waals surface area contributed by atoms with Crippen molar-refractivity contribution in [3.8, 4) is 0 Å². The zero-order valence-corrected chi connectivity index (χ0v) is 18.5. The highest BCUT2D eigenvalue weighted by molar-refractivity contribution is 7.90. The van der Waals surface area contributed by atoms with Crippen molar-refractivity contribution >= 4 is 17.5 Å². The number of hydrogen-bond acceptors (Lipinski definition) is 5. The van der Waals surface area contributed by atoms with Crippen LogP contribution < -0.4 is 4.72 Å². The summed E-state index contributed by atoms with van der Waals surface area (Å²) >= 11 is -1.14. The Morgan fingerprint density at radius 3 is 2.33 bits per heavy atom. The van der Waals surface area contributed by atoms with E-state index in [4.69, 9.17) is 9.47 Å². The molecule has 1 amide bonds. The van der Waals surface area contributed by atoms with Crippen molar-refractivity contribution < 1.29 is 18.8 Å². The van der Waals surface area contributed by atoms with Gasteiger partial charge in [-0.05, 0) is 66.2 Å². The van der Waals surface area contributed by atoms with Gasteiger partial charge in [0, 0.05) is 30.9 Å². The highest BCUT2D eigenvalue weighted by atomic mass is 32.2. The quantitative estimate of drug-likeness (QED) is 0.575. The standard InChI is InChI=1S/C20H36N2O4S/c1-8-25-15-13-16(21-27(24)19(5,6)7)20(14-15)9-11-22(12-10-20)17(23)26-18(2,3)4/h8,15-16,21H,1,9-14H2,2-7H3/t15-,16?,27?/m0/s1. The molecule has 1 heterocycles. The van der Waals surface area contributed by atoms with E-state index in [1.54, 1.807) is 4.90 Å². The minimum atomic E-state index is -1.14. The van der Waals surface area contributed by atoms with Crippen LogP contribution in [0.15, 0.2) is 12.8 Å². The van der Waals surface area contributed by atoms with Gasteiger partial charge in [-0.25, -0.2) is 4.79 Å². The molecule has 2 fully saturated rings. The van der Waals surface area contributed by atoms with Crippen molar-refractivity contribution in [1.82, 2.24) is 9.62 Å². The number of nitrogens with zero attached hydrogens (tertiary/aromatic N) is 1. The van der Waals surface area contributed by atoms with E-state index < -0.39 is 17.0 Å². The molecule has 156 valence electrons. The van der Waals surface area contributed by atoms with E-state index in [0.717, 1.165) is 25.7 Å². The first-order valence-electron chi connectivity index (χ1n) is 9.79. The minimum Gasteiger partial charge on any atom is -0.598 e. The number of ether oxygens (including phenoxy) is 2. The Morgan fingerprint density at radius 2 is 1.85 bits per heavy atom. The Bertz CT molecular complexity index is 533. The third kappa shape index (κ3) is 5.78. The number of piperidine rings is 1. The van der Waals surface area contributed by atoms with Gasteiger partial charge in [0.05, 0.1) is 12.3 Å². The molecule has 1 aliphatic carbocycles. The number of likely N-dealkylation sites (tertiary alicyclic amines) is 1. The highest BCUT2D eigenvalue weighted by Gasteiger charge is 2.52. The number of amides is 1. The first kappa shape index (κ1) is 22.4. The average Bonchev–Trinajstić information content (AvgIpc) is 2.82. The Hall–Kier alpha value is -0.920. The van der Waals surface area contributed by atoms with Gasteiger partial charge in [-0.1, -0.05) is 6.58 Å². The second-order valence-electron chi connectivity index (χ2n) is 9.75. The molecule has 0 aromatic rings. The van der Waals surface area contributed by atoms with Gasteiger partial charge in [0.2, 0.25) is 0 Å². The molecule has 3 atom stereocenters. The first-order valence-corrected chi connectivity index (χ1v) is 10.9.